The fourth-order valence-corrected chi connectivity index (χ4v) is 3.60. The number of amides is 3. The average molecular weight is 479 g/mol. The fourth-order valence-electron chi connectivity index (χ4n) is 3.60. The maximum absolute atomic E-state index is 15.0. The molecule has 2 aromatic rings. The van der Waals surface area contributed by atoms with Gasteiger partial charge in [-0.25, -0.2) is 19.0 Å². The zero-order valence-corrected chi connectivity index (χ0v) is 19.1. The van der Waals surface area contributed by atoms with Gasteiger partial charge >= 0.3 is 12.0 Å². The summed E-state index contributed by atoms with van der Waals surface area (Å²) in [5.41, 5.74) is 2.49. The van der Waals surface area contributed by atoms with Gasteiger partial charge in [-0.1, -0.05) is 0 Å². The molecule has 2 N–H and O–H groups in total. The first-order chi connectivity index (χ1) is 16.2. The van der Waals surface area contributed by atoms with Gasteiger partial charge in [-0.15, -0.1) is 0 Å². The summed E-state index contributed by atoms with van der Waals surface area (Å²) in [6.07, 6.45) is -0.00637. The van der Waals surface area contributed by atoms with Crippen molar-refractivity contribution in [3.05, 3.63) is 47.9 Å². The van der Waals surface area contributed by atoms with E-state index < -0.39 is 29.7 Å². The topological polar surface area (TPSA) is 107 Å². The summed E-state index contributed by atoms with van der Waals surface area (Å²) in [7, 11) is 1.56. The lowest BCUT2D eigenvalue weighted by Crippen LogP contribution is -2.45. The third kappa shape index (κ3) is 5.63. The number of likely N-dealkylation sites (N-methyl/N-ethyl adjacent to an activating group) is 1. The molecule has 1 fully saturated rings. The standard InChI is InChI=1S/C22H27F2N5O5/c1-4-27(7-8-29(25-3)21(31)19-6-5-9-33-19)20-17(23)10-15(11-18(20)24)28-13-16(34-22(28)32)12-26-14(2)30/h5-6,9-11,16,25H,4,7-8,12-13H2,1-3H3,(H,26,30)/t16-/m0/s1. The maximum atomic E-state index is 15.0. The molecule has 1 aliphatic rings. The van der Waals surface area contributed by atoms with Crippen LogP contribution in [-0.4, -0.2) is 68.8 Å². The van der Waals surface area contributed by atoms with Crippen LogP contribution in [0, 0.1) is 11.6 Å². The summed E-state index contributed by atoms with van der Waals surface area (Å²) in [6.45, 7) is 3.72. The molecule has 2 heterocycles. The molecule has 0 saturated carbocycles. The Morgan fingerprint density at radius 3 is 2.50 bits per heavy atom. The number of ether oxygens (including phenoxy) is 1. The van der Waals surface area contributed by atoms with Crippen molar-refractivity contribution < 1.29 is 32.3 Å². The second-order valence-corrected chi connectivity index (χ2v) is 7.55. The van der Waals surface area contributed by atoms with Crippen molar-refractivity contribution in [1.82, 2.24) is 15.8 Å². The number of rotatable bonds is 10. The summed E-state index contributed by atoms with van der Waals surface area (Å²) in [6, 6.07) is 5.23. The van der Waals surface area contributed by atoms with Gasteiger partial charge in [0.15, 0.2) is 17.4 Å². The highest BCUT2D eigenvalue weighted by atomic mass is 19.1. The van der Waals surface area contributed by atoms with Gasteiger partial charge in [0.05, 0.1) is 31.6 Å². The molecular weight excluding hydrogens is 452 g/mol. The molecular formula is C22H27F2N5O5. The van der Waals surface area contributed by atoms with E-state index in [1.807, 2.05) is 0 Å². The molecule has 1 saturated heterocycles. The van der Waals surface area contributed by atoms with E-state index in [0.717, 1.165) is 17.0 Å². The zero-order valence-electron chi connectivity index (χ0n) is 19.1. The Hall–Kier alpha value is -3.67. The molecule has 10 nitrogen and oxygen atoms in total. The van der Waals surface area contributed by atoms with Crippen LogP contribution in [0.5, 0.6) is 0 Å². The molecule has 0 bridgehead atoms. The van der Waals surface area contributed by atoms with E-state index in [0.29, 0.717) is 0 Å². The molecule has 0 aliphatic carbocycles. The van der Waals surface area contributed by atoms with Gasteiger partial charge in [0.2, 0.25) is 5.91 Å². The summed E-state index contributed by atoms with van der Waals surface area (Å²) in [4.78, 5) is 38.3. The van der Waals surface area contributed by atoms with Gasteiger partial charge in [-0.2, -0.15) is 0 Å². The minimum atomic E-state index is -0.858. The number of halogens is 2. The summed E-state index contributed by atoms with van der Waals surface area (Å²) in [5.74, 6) is -2.28. The van der Waals surface area contributed by atoms with Crippen molar-refractivity contribution in [3.63, 3.8) is 0 Å². The maximum Gasteiger partial charge on any atom is 0.414 e. The predicted octanol–water partition coefficient (Wildman–Crippen LogP) is 2.12. The van der Waals surface area contributed by atoms with Crippen LogP contribution in [0.1, 0.15) is 24.4 Å². The summed E-state index contributed by atoms with van der Waals surface area (Å²) >= 11 is 0. The third-order valence-corrected chi connectivity index (χ3v) is 5.30. The minimum absolute atomic E-state index is 0.00924. The number of nitrogens with zero attached hydrogens (tertiary/aromatic N) is 3. The zero-order chi connectivity index (χ0) is 24.8. The first kappa shape index (κ1) is 25.0. The smallest absolute Gasteiger partial charge is 0.414 e. The predicted molar refractivity (Wildman–Crippen MR) is 119 cm³/mol. The first-order valence-electron chi connectivity index (χ1n) is 10.7. The molecule has 12 heteroatoms. The molecule has 1 aromatic heterocycles. The number of carbonyl (C=O) groups excluding carboxylic acids is 3. The van der Waals surface area contributed by atoms with E-state index in [1.54, 1.807) is 20.0 Å². The Morgan fingerprint density at radius 1 is 1.24 bits per heavy atom. The highest BCUT2D eigenvalue weighted by Gasteiger charge is 2.33. The number of furan rings is 1. The lowest BCUT2D eigenvalue weighted by molar-refractivity contribution is -0.119. The van der Waals surface area contributed by atoms with Gasteiger partial charge in [-0.05, 0) is 19.1 Å². The van der Waals surface area contributed by atoms with Crippen LogP contribution >= 0.6 is 0 Å². The number of anilines is 2. The molecule has 1 atom stereocenters. The number of hydrogen-bond donors (Lipinski definition) is 2. The number of nitrogens with one attached hydrogen (secondary N) is 2. The van der Waals surface area contributed by atoms with Crippen molar-refractivity contribution in [1.29, 1.82) is 0 Å². The normalized spacial score (nSPS) is 15.3. The average Bonchev–Trinajstić information content (AvgIpc) is 3.46. The van der Waals surface area contributed by atoms with Crippen LogP contribution in [0.4, 0.5) is 25.0 Å². The molecule has 184 valence electrons. The van der Waals surface area contributed by atoms with E-state index >= 15 is 8.78 Å². The Bertz CT molecular complexity index is 1010. The van der Waals surface area contributed by atoms with E-state index in [4.69, 9.17) is 9.15 Å². The largest absolute Gasteiger partial charge is 0.459 e. The number of hydrogen-bond acceptors (Lipinski definition) is 7. The fraction of sp³-hybridized carbons (Fsp3) is 0.409. The lowest BCUT2D eigenvalue weighted by atomic mass is 10.2. The number of carbonyl (C=O) groups is 3. The van der Waals surface area contributed by atoms with Crippen molar-refractivity contribution in [2.75, 3.05) is 49.6 Å². The monoisotopic (exact) mass is 479 g/mol. The number of benzene rings is 1. The SMILES string of the molecule is CCN(CCN(NC)C(=O)c1ccco1)c1c(F)cc(N2C[C@H](CNC(C)=O)OC2=O)cc1F. The third-order valence-electron chi connectivity index (χ3n) is 5.30. The minimum Gasteiger partial charge on any atom is -0.459 e. The molecule has 0 unspecified atom stereocenters. The Labute approximate surface area is 195 Å². The van der Waals surface area contributed by atoms with Gasteiger partial charge in [0, 0.05) is 39.2 Å². The molecule has 3 rings (SSSR count). The van der Waals surface area contributed by atoms with Gasteiger partial charge in [0.1, 0.15) is 11.8 Å². The van der Waals surface area contributed by atoms with E-state index in [1.165, 1.54) is 29.2 Å². The van der Waals surface area contributed by atoms with Gasteiger partial charge in [-0.3, -0.25) is 19.5 Å². The summed E-state index contributed by atoms with van der Waals surface area (Å²) < 4.78 is 40.3. The second-order valence-electron chi connectivity index (χ2n) is 7.55. The van der Waals surface area contributed by atoms with E-state index in [2.05, 4.69) is 10.7 Å². The van der Waals surface area contributed by atoms with Crippen LogP contribution in [0.15, 0.2) is 34.9 Å². The Balaban J connectivity index is 1.72. The van der Waals surface area contributed by atoms with Crippen LogP contribution in [0.25, 0.3) is 0 Å². The second kappa shape index (κ2) is 11.0. The van der Waals surface area contributed by atoms with Crippen molar-refractivity contribution in [2.45, 2.75) is 20.0 Å². The molecule has 3 amide bonds. The molecule has 34 heavy (non-hydrogen) atoms. The van der Waals surface area contributed by atoms with Crippen molar-refractivity contribution >= 4 is 29.3 Å². The highest BCUT2D eigenvalue weighted by molar-refractivity contribution is 5.91. The lowest BCUT2D eigenvalue weighted by Gasteiger charge is -2.28. The molecule has 1 aliphatic heterocycles. The van der Waals surface area contributed by atoms with Crippen LogP contribution < -0.4 is 20.5 Å². The molecule has 0 spiro atoms. The molecule has 0 radical (unpaired) electrons. The number of hydrazine groups is 1. The quantitative estimate of drug-likeness (QED) is 0.503. The first-order valence-corrected chi connectivity index (χ1v) is 10.7. The Morgan fingerprint density at radius 2 is 1.94 bits per heavy atom. The van der Waals surface area contributed by atoms with Crippen molar-refractivity contribution in [2.24, 2.45) is 0 Å². The summed E-state index contributed by atoms with van der Waals surface area (Å²) in [5, 5.41) is 3.82. The van der Waals surface area contributed by atoms with Crippen LogP contribution in [0.3, 0.4) is 0 Å². The van der Waals surface area contributed by atoms with Crippen LogP contribution in [0.2, 0.25) is 0 Å². The number of cyclic esters (lactones) is 1. The highest BCUT2D eigenvalue weighted by Crippen LogP contribution is 2.31. The van der Waals surface area contributed by atoms with E-state index in [9.17, 15) is 14.4 Å². The van der Waals surface area contributed by atoms with Crippen LogP contribution in [-0.2, 0) is 9.53 Å². The van der Waals surface area contributed by atoms with Crippen molar-refractivity contribution in [3.8, 4) is 0 Å². The van der Waals surface area contributed by atoms with E-state index in [-0.39, 0.29) is 55.8 Å². The van der Waals surface area contributed by atoms with Gasteiger partial charge in [0.25, 0.3) is 0 Å². The molecule has 1 aromatic carbocycles. The Kier molecular flexibility index (Phi) is 8.05. The van der Waals surface area contributed by atoms with Gasteiger partial charge < -0.3 is 19.4 Å².